The average Bonchev–Trinajstić information content (AvgIpc) is 2.53. The van der Waals surface area contributed by atoms with Crippen molar-refractivity contribution in [1.29, 1.82) is 0 Å². The summed E-state index contributed by atoms with van der Waals surface area (Å²) in [6, 6.07) is 6.93. The molecule has 1 aliphatic rings. The van der Waals surface area contributed by atoms with Crippen LogP contribution in [0.15, 0.2) is 24.3 Å². The predicted molar refractivity (Wildman–Crippen MR) is 65.5 cm³/mol. The molecule has 5 heteroatoms. The molecule has 2 rings (SSSR count). The van der Waals surface area contributed by atoms with E-state index in [1.807, 2.05) is 12.1 Å². The Bertz CT molecular complexity index is 480. The number of nitrogens with zero attached hydrogens (tertiary/aromatic N) is 1. The summed E-state index contributed by atoms with van der Waals surface area (Å²) >= 11 is 0. The summed E-state index contributed by atoms with van der Waals surface area (Å²) in [5, 5.41) is 11.3. The van der Waals surface area contributed by atoms with Crippen LogP contribution >= 0.6 is 0 Å². The number of urea groups is 1. The summed E-state index contributed by atoms with van der Waals surface area (Å²) < 4.78 is 0. The number of carbonyl (C=O) groups is 2. The van der Waals surface area contributed by atoms with Gasteiger partial charge < -0.3 is 10.0 Å². The van der Waals surface area contributed by atoms with Gasteiger partial charge in [-0.15, -0.1) is 0 Å². The zero-order valence-electron chi connectivity index (χ0n) is 10.4. The summed E-state index contributed by atoms with van der Waals surface area (Å²) in [6.45, 7) is 3.80. The fraction of sp³-hybridized carbons (Fsp3) is 0.385. The maximum atomic E-state index is 11.7. The lowest BCUT2D eigenvalue weighted by Crippen LogP contribution is -2.43. The monoisotopic (exact) mass is 248 g/mol. The molecule has 3 amide bonds. The number of amides is 3. The summed E-state index contributed by atoms with van der Waals surface area (Å²) in [5.74, 6) is -0.278. The normalized spacial score (nSPS) is 18.1. The van der Waals surface area contributed by atoms with Crippen molar-refractivity contribution in [2.45, 2.75) is 32.5 Å². The lowest BCUT2D eigenvalue weighted by Gasteiger charge is -2.27. The molecule has 1 aromatic rings. The highest BCUT2D eigenvalue weighted by molar-refractivity contribution is 6.06. The van der Waals surface area contributed by atoms with E-state index < -0.39 is 5.54 Å². The Morgan fingerprint density at radius 2 is 1.72 bits per heavy atom. The molecule has 96 valence electrons. The maximum Gasteiger partial charge on any atom is 0.325 e. The van der Waals surface area contributed by atoms with Crippen LogP contribution in [0.1, 0.15) is 25.0 Å². The van der Waals surface area contributed by atoms with Gasteiger partial charge in [-0.2, -0.15) is 0 Å². The third-order valence-corrected chi connectivity index (χ3v) is 3.24. The number of benzene rings is 1. The van der Waals surface area contributed by atoms with E-state index in [0.29, 0.717) is 6.54 Å². The number of imide groups is 1. The predicted octanol–water partition coefficient (Wildman–Crippen LogP) is 1.01. The maximum absolute atomic E-state index is 11.7. The van der Waals surface area contributed by atoms with Crippen molar-refractivity contribution in [1.82, 2.24) is 10.2 Å². The fourth-order valence-corrected chi connectivity index (χ4v) is 1.90. The molecule has 0 radical (unpaired) electrons. The van der Waals surface area contributed by atoms with Crippen LogP contribution in [0.5, 0.6) is 0 Å². The first-order valence-corrected chi connectivity index (χ1v) is 5.77. The van der Waals surface area contributed by atoms with Crippen LogP contribution in [0.3, 0.4) is 0 Å². The van der Waals surface area contributed by atoms with Crippen molar-refractivity contribution in [2.24, 2.45) is 0 Å². The standard InChI is InChI=1S/C13H16N2O3/c1-13(2)11(17)14-12(18)15(13)7-9-3-5-10(8-16)6-4-9/h3-6,16H,7-8H2,1-2H3,(H,14,17,18). The molecule has 18 heavy (non-hydrogen) atoms. The number of hydrogen-bond donors (Lipinski definition) is 2. The number of carbonyl (C=O) groups excluding carboxylic acids is 2. The third kappa shape index (κ3) is 2.09. The van der Waals surface area contributed by atoms with E-state index in [4.69, 9.17) is 5.11 Å². The van der Waals surface area contributed by atoms with Crippen LogP contribution in [-0.2, 0) is 17.9 Å². The zero-order valence-corrected chi connectivity index (χ0v) is 10.4. The molecule has 0 aromatic heterocycles. The van der Waals surface area contributed by atoms with Gasteiger partial charge >= 0.3 is 6.03 Å². The molecule has 0 unspecified atom stereocenters. The lowest BCUT2D eigenvalue weighted by atomic mass is 10.0. The number of nitrogens with one attached hydrogen (secondary N) is 1. The van der Waals surface area contributed by atoms with Gasteiger partial charge in [0.2, 0.25) is 0 Å². The molecule has 1 saturated heterocycles. The summed E-state index contributed by atoms with van der Waals surface area (Å²) in [5.41, 5.74) is 0.914. The van der Waals surface area contributed by atoms with Crippen LogP contribution in [0.25, 0.3) is 0 Å². The van der Waals surface area contributed by atoms with E-state index in [0.717, 1.165) is 11.1 Å². The molecular weight excluding hydrogens is 232 g/mol. The topological polar surface area (TPSA) is 69.6 Å². The van der Waals surface area contributed by atoms with Gasteiger partial charge in [-0.1, -0.05) is 24.3 Å². The van der Waals surface area contributed by atoms with Crippen LogP contribution in [0.2, 0.25) is 0 Å². The van der Waals surface area contributed by atoms with E-state index in [1.165, 1.54) is 4.90 Å². The zero-order chi connectivity index (χ0) is 13.3. The molecule has 0 saturated carbocycles. The molecule has 0 bridgehead atoms. The summed E-state index contributed by atoms with van der Waals surface area (Å²) in [7, 11) is 0. The largest absolute Gasteiger partial charge is 0.392 e. The Balaban J connectivity index is 2.17. The van der Waals surface area contributed by atoms with Crippen LogP contribution in [-0.4, -0.2) is 27.5 Å². The Labute approximate surface area is 105 Å². The highest BCUT2D eigenvalue weighted by Gasteiger charge is 2.45. The van der Waals surface area contributed by atoms with Crippen molar-refractivity contribution in [2.75, 3.05) is 0 Å². The second-order valence-electron chi connectivity index (χ2n) is 4.88. The van der Waals surface area contributed by atoms with Gasteiger partial charge in [-0.25, -0.2) is 4.79 Å². The SMILES string of the molecule is CC1(C)C(=O)NC(=O)N1Cc1ccc(CO)cc1. The minimum atomic E-state index is -0.827. The van der Waals surface area contributed by atoms with Crippen molar-refractivity contribution in [3.05, 3.63) is 35.4 Å². The second-order valence-corrected chi connectivity index (χ2v) is 4.88. The first kappa shape index (κ1) is 12.6. The molecule has 1 heterocycles. The van der Waals surface area contributed by atoms with Crippen molar-refractivity contribution < 1.29 is 14.7 Å². The highest BCUT2D eigenvalue weighted by Crippen LogP contribution is 2.23. The van der Waals surface area contributed by atoms with Gasteiger partial charge in [0.15, 0.2) is 0 Å². The van der Waals surface area contributed by atoms with Crippen LogP contribution < -0.4 is 5.32 Å². The van der Waals surface area contributed by atoms with E-state index in [-0.39, 0.29) is 18.5 Å². The van der Waals surface area contributed by atoms with Gasteiger partial charge in [0, 0.05) is 6.54 Å². The lowest BCUT2D eigenvalue weighted by molar-refractivity contribution is -0.125. The molecule has 1 fully saturated rings. The van der Waals surface area contributed by atoms with Crippen LogP contribution in [0.4, 0.5) is 4.79 Å². The third-order valence-electron chi connectivity index (χ3n) is 3.24. The van der Waals surface area contributed by atoms with Crippen molar-refractivity contribution in [3.8, 4) is 0 Å². The molecule has 1 aromatic carbocycles. The van der Waals surface area contributed by atoms with Crippen molar-refractivity contribution in [3.63, 3.8) is 0 Å². The molecule has 0 spiro atoms. The van der Waals surface area contributed by atoms with Crippen LogP contribution in [0, 0.1) is 0 Å². The number of rotatable bonds is 3. The molecule has 5 nitrogen and oxygen atoms in total. The van der Waals surface area contributed by atoms with E-state index in [2.05, 4.69) is 5.32 Å². The molecule has 0 atom stereocenters. The van der Waals surface area contributed by atoms with Gasteiger partial charge in [-0.3, -0.25) is 10.1 Å². The van der Waals surface area contributed by atoms with Gasteiger partial charge in [0.1, 0.15) is 5.54 Å². The molecule has 0 aliphatic carbocycles. The highest BCUT2D eigenvalue weighted by atomic mass is 16.3. The quantitative estimate of drug-likeness (QED) is 0.784. The van der Waals surface area contributed by atoms with E-state index >= 15 is 0 Å². The Kier molecular flexibility index (Phi) is 3.09. The Morgan fingerprint density at radius 1 is 1.17 bits per heavy atom. The van der Waals surface area contributed by atoms with Gasteiger partial charge in [-0.05, 0) is 25.0 Å². The molecular formula is C13H16N2O3. The van der Waals surface area contributed by atoms with Crippen molar-refractivity contribution >= 4 is 11.9 Å². The number of hydrogen-bond acceptors (Lipinski definition) is 3. The van der Waals surface area contributed by atoms with E-state index in [1.54, 1.807) is 26.0 Å². The Hall–Kier alpha value is -1.88. The summed E-state index contributed by atoms with van der Waals surface area (Å²) in [6.07, 6.45) is 0. The van der Waals surface area contributed by atoms with E-state index in [9.17, 15) is 9.59 Å². The van der Waals surface area contributed by atoms with Gasteiger partial charge in [0.25, 0.3) is 5.91 Å². The fourth-order valence-electron chi connectivity index (χ4n) is 1.90. The Morgan fingerprint density at radius 3 is 2.17 bits per heavy atom. The first-order valence-electron chi connectivity index (χ1n) is 5.77. The first-order chi connectivity index (χ1) is 8.45. The number of aliphatic hydroxyl groups is 1. The second kappa shape index (κ2) is 4.42. The number of aliphatic hydroxyl groups excluding tert-OH is 1. The minimum absolute atomic E-state index is 0.00550. The van der Waals surface area contributed by atoms with Gasteiger partial charge in [0.05, 0.1) is 6.61 Å². The molecule has 1 aliphatic heterocycles. The minimum Gasteiger partial charge on any atom is -0.392 e. The summed E-state index contributed by atoms with van der Waals surface area (Å²) in [4.78, 5) is 24.8. The average molecular weight is 248 g/mol. The molecule has 2 N–H and O–H groups in total. The smallest absolute Gasteiger partial charge is 0.325 e.